The summed E-state index contributed by atoms with van der Waals surface area (Å²) in [6.45, 7) is 3.11. The van der Waals surface area contributed by atoms with Gasteiger partial charge >= 0.3 is 5.97 Å². The number of anilines is 1. The molecule has 1 aliphatic rings. The number of rotatable bonds is 5. The van der Waals surface area contributed by atoms with Crippen molar-refractivity contribution in [3.63, 3.8) is 0 Å². The van der Waals surface area contributed by atoms with Gasteiger partial charge in [-0.1, -0.05) is 13.3 Å². The zero-order valence-corrected chi connectivity index (χ0v) is 12.4. The Labute approximate surface area is 125 Å². The van der Waals surface area contributed by atoms with Crippen molar-refractivity contribution in [3.05, 3.63) is 35.7 Å². The number of hydrogen-bond acceptors (Lipinski definition) is 2. The van der Waals surface area contributed by atoms with E-state index >= 15 is 0 Å². The highest BCUT2D eigenvalue weighted by Crippen LogP contribution is 2.29. The minimum Gasteiger partial charge on any atom is -0.478 e. The van der Waals surface area contributed by atoms with Crippen molar-refractivity contribution in [2.45, 2.75) is 45.1 Å². The van der Waals surface area contributed by atoms with Crippen LogP contribution in [0.3, 0.4) is 0 Å². The zero-order chi connectivity index (χ0) is 15.2. The Kier molecular flexibility index (Phi) is 5.37. The van der Waals surface area contributed by atoms with E-state index in [1.54, 1.807) is 6.07 Å². The predicted octanol–water partition coefficient (Wildman–Crippen LogP) is 4.08. The summed E-state index contributed by atoms with van der Waals surface area (Å²) in [4.78, 5) is 12.9. The molecular formula is C17H22FNO2. The Morgan fingerprint density at radius 3 is 2.95 bits per heavy atom. The SMILES string of the molecule is CCCC1CCCCN1c1cc(F)cc(/C=C/C(=O)O)c1. The molecule has 21 heavy (non-hydrogen) atoms. The summed E-state index contributed by atoms with van der Waals surface area (Å²) >= 11 is 0. The number of nitrogens with zero attached hydrogens (tertiary/aromatic N) is 1. The summed E-state index contributed by atoms with van der Waals surface area (Å²) in [5.74, 6) is -1.35. The fourth-order valence-corrected chi connectivity index (χ4v) is 3.00. The lowest BCUT2D eigenvalue weighted by Gasteiger charge is -2.37. The van der Waals surface area contributed by atoms with Gasteiger partial charge in [-0.3, -0.25) is 0 Å². The molecule has 0 bridgehead atoms. The Morgan fingerprint density at radius 1 is 1.43 bits per heavy atom. The molecule has 1 heterocycles. The molecule has 0 spiro atoms. The fourth-order valence-electron chi connectivity index (χ4n) is 3.00. The van der Waals surface area contributed by atoms with E-state index in [-0.39, 0.29) is 5.82 Å². The van der Waals surface area contributed by atoms with Gasteiger partial charge in [0, 0.05) is 24.4 Å². The molecule has 2 rings (SSSR count). The number of carbonyl (C=O) groups is 1. The molecule has 1 aromatic carbocycles. The van der Waals surface area contributed by atoms with Crippen LogP contribution in [0.25, 0.3) is 6.08 Å². The third-order valence-corrected chi connectivity index (χ3v) is 3.90. The molecule has 1 unspecified atom stereocenters. The molecule has 114 valence electrons. The van der Waals surface area contributed by atoms with Gasteiger partial charge in [0.25, 0.3) is 0 Å². The van der Waals surface area contributed by atoms with Crippen LogP contribution >= 0.6 is 0 Å². The third-order valence-electron chi connectivity index (χ3n) is 3.90. The van der Waals surface area contributed by atoms with E-state index in [9.17, 15) is 9.18 Å². The average Bonchev–Trinajstić information content (AvgIpc) is 2.45. The van der Waals surface area contributed by atoms with Crippen LogP contribution in [0.15, 0.2) is 24.3 Å². The molecule has 1 aliphatic heterocycles. The first-order valence-corrected chi connectivity index (χ1v) is 7.58. The molecule has 4 heteroatoms. The first-order valence-electron chi connectivity index (χ1n) is 7.58. The van der Waals surface area contributed by atoms with Crippen molar-refractivity contribution < 1.29 is 14.3 Å². The van der Waals surface area contributed by atoms with Crippen molar-refractivity contribution in [2.75, 3.05) is 11.4 Å². The molecule has 0 aromatic heterocycles. The van der Waals surface area contributed by atoms with Crippen LogP contribution < -0.4 is 4.90 Å². The molecule has 3 nitrogen and oxygen atoms in total. The van der Waals surface area contributed by atoms with Gasteiger partial charge in [0.15, 0.2) is 0 Å². The Morgan fingerprint density at radius 2 is 2.24 bits per heavy atom. The molecule has 1 N–H and O–H groups in total. The highest BCUT2D eigenvalue weighted by molar-refractivity contribution is 5.85. The predicted molar refractivity (Wildman–Crippen MR) is 83.0 cm³/mol. The normalized spacial score (nSPS) is 19.1. The van der Waals surface area contributed by atoms with E-state index in [1.807, 2.05) is 6.07 Å². The highest BCUT2D eigenvalue weighted by Gasteiger charge is 2.22. The van der Waals surface area contributed by atoms with E-state index in [2.05, 4.69) is 11.8 Å². The number of benzene rings is 1. The standard InChI is InChI=1S/C17H22FNO2/c1-2-5-15-6-3-4-9-19(15)16-11-13(7-8-17(20)21)10-14(18)12-16/h7-8,10-12,15H,2-6,9H2,1H3,(H,20,21)/b8-7+. The van der Waals surface area contributed by atoms with Crippen LogP contribution in [0.4, 0.5) is 10.1 Å². The fraction of sp³-hybridized carbons (Fsp3) is 0.471. The van der Waals surface area contributed by atoms with Crippen LogP contribution in [0, 0.1) is 5.82 Å². The molecule has 1 atom stereocenters. The molecule has 1 aromatic rings. The maximum absolute atomic E-state index is 13.8. The van der Waals surface area contributed by atoms with Crippen molar-refractivity contribution >= 4 is 17.7 Å². The Balaban J connectivity index is 2.26. The van der Waals surface area contributed by atoms with E-state index in [4.69, 9.17) is 5.11 Å². The molecule has 0 amide bonds. The lowest BCUT2D eigenvalue weighted by atomic mass is 9.97. The van der Waals surface area contributed by atoms with Crippen molar-refractivity contribution in [1.29, 1.82) is 0 Å². The number of piperidine rings is 1. The van der Waals surface area contributed by atoms with E-state index in [1.165, 1.54) is 18.6 Å². The van der Waals surface area contributed by atoms with Crippen LogP contribution in [-0.2, 0) is 4.79 Å². The summed E-state index contributed by atoms with van der Waals surface area (Å²) in [6.07, 6.45) is 8.19. The zero-order valence-electron chi connectivity index (χ0n) is 12.4. The van der Waals surface area contributed by atoms with E-state index in [0.717, 1.165) is 44.0 Å². The maximum Gasteiger partial charge on any atom is 0.328 e. The quantitative estimate of drug-likeness (QED) is 0.831. The lowest BCUT2D eigenvalue weighted by Crippen LogP contribution is -2.39. The molecule has 1 fully saturated rings. The first kappa shape index (κ1) is 15.5. The molecular weight excluding hydrogens is 269 g/mol. The van der Waals surface area contributed by atoms with Gasteiger partial charge in [0.2, 0.25) is 0 Å². The molecule has 1 saturated heterocycles. The van der Waals surface area contributed by atoms with Gasteiger partial charge in [-0.2, -0.15) is 0 Å². The monoisotopic (exact) mass is 291 g/mol. The van der Waals surface area contributed by atoms with Crippen LogP contribution in [0.1, 0.15) is 44.6 Å². The summed E-state index contributed by atoms with van der Waals surface area (Å²) in [5, 5.41) is 8.68. The number of carboxylic acid groups (broad SMARTS) is 1. The summed E-state index contributed by atoms with van der Waals surface area (Å²) < 4.78 is 13.8. The van der Waals surface area contributed by atoms with Gasteiger partial charge in [0.1, 0.15) is 5.82 Å². The Bertz CT molecular complexity index is 526. The second kappa shape index (κ2) is 7.25. The minimum absolute atomic E-state index is 0.321. The van der Waals surface area contributed by atoms with Crippen molar-refractivity contribution in [3.8, 4) is 0 Å². The second-order valence-corrected chi connectivity index (χ2v) is 5.55. The Hall–Kier alpha value is -1.84. The molecule has 0 saturated carbocycles. The van der Waals surface area contributed by atoms with Crippen LogP contribution in [-0.4, -0.2) is 23.7 Å². The summed E-state index contributed by atoms with van der Waals surface area (Å²) in [7, 11) is 0. The van der Waals surface area contributed by atoms with Crippen molar-refractivity contribution in [2.24, 2.45) is 0 Å². The number of halogens is 1. The summed E-state index contributed by atoms with van der Waals surface area (Å²) in [6, 6.07) is 5.24. The average molecular weight is 291 g/mol. The van der Waals surface area contributed by atoms with Crippen LogP contribution in [0.5, 0.6) is 0 Å². The topological polar surface area (TPSA) is 40.5 Å². The smallest absolute Gasteiger partial charge is 0.328 e. The number of aliphatic carboxylic acids is 1. The highest BCUT2D eigenvalue weighted by atomic mass is 19.1. The summed E-state index contributed by atoms with van der Waals surface area (Å²) in [5.41, 5.74) is 1.45. The van der Waals surface area contributed by atoms with E-state index < -0.39 is 5.97 Å². The van der Waals surface area contributed by atoms with Gasteiger partial charge < -0.3 is 10.0 Å². The minimum atomic E-state index is -1.03. The number of carboxylic acids is 1. The first-order chi connectivity index (χ1) is 10.1. The van der Waals surface area contributed by atoms with Crippen LogP contribution in [0.2, 0.25) is 0 Å². The van der Waals surface area contributed by atoms with Gasteiger partial charge in [-0.25, -0.2) is 9.18 Å². The van der Waals surface area contributed by atoms with Gasteiger partial charge in [-0.15, -0.1) is 0 Å². The van der Waals surface area contributed by atoms with Gasteiger partial charge in [-0.05, 0) is 55.5 Å². The third kappa shape index (κ3) is 4.31. The molecule has 0 radical (unpaired) electrons. The van der Waals surface area contributed by atoms with Gasteiger partial charge in [0.05, 0.1) is 0 Å². The largest absolute Gasteiger partial charge is 0.478 e. The lowest BCUT2D eigenvalue weighted by molar-refractivity contribution is -0.131. The van der Waals surface area contributed by atoms with E-state index in [0.29, 0.717) is 11.6 Å². The second-order valence-electron chi connectivity index (χ2n) is 5.55. The van der Waals surface area contributed by atoms with Crippen molar-refractivity contribution in [1.82, 2.24) is 0 Å². The molecule has 0 aliphatic carbocycles. The maximum atomic E-state index is 13.8. The number of hydrogen-bond donors (Lipinski definition) is 1.